The second-order valence-corrected chi connectivity index (χ2v) is 6.68. The Labute approximate surface area is 130 Å². The second kappa shape index (κ2) is 7.20. The molecule has 3 heterocycles. The van der Waals surface area contributed by atoms with E-state index in [2.05, 4.69) is 44.3 Å². The van der Waals surface area contributed by atoms with Crippen LogP contribution in [0.25, 0.3) is 0 Å². The molecule has 0 aromatic carbocycles. The van der Waals surface area contributed by atoms with Crippen molar-refractivity contribution in [2.75, 3.05) is 26.2 Å². The molecule has 5 heteroatoms. The fourth-order valence-electron chi connectivity index (χ4n) is 2.99. The molecule has 114 valence electrons. The van der Waals surface area contributed by atoms with Crippen LogP contribution in [0.4, 0.5) is 0 Å². The lowest BCUT2D eigenvalue weighted by Gasteiger charge is -2.19. The van der Waals surface area contributed by atoms with Crippen LogP contribution in [-0.2, 0) is 7.05 Å². The van der Waals surface area contributed by atoms with Gasteiger partial charge >= 0.3 is 0 Å². The first-order chi connectivity index (χ1) is 10.3. The van der Waals surface area contributed by atoms with Crippen molar-refractivity contribution in [3.05, 3.63) is 40.6 Å². The molecule has 21 heavy (non-hydrogen) atoms. The molecule has 1 unspecified atom stereocenters. The summed E-state index contributed by atoms with van der Waals surface area (Å²) >= 11 is 1.80. The van der Waals surface area contributed by atoms with Crippen LogP contribution in [0.2, 0.25) is 0 Å². The van der Waals surface area contributed by atoms with Crippen molar-refractivity contribution >= 4 is 11.3 Å². The van der Waals surface area contributed by atoms with Gasteiger partial charge in [0.15, 0.2) is 0 Å². The zero-order chi connectivity index (χ0) is 14.5. The maximum atomic E-state index is 4.52. The summed E-state index contributed by atoms with van der Waals surface area (Å²) in [6.45, 7) is 4.82. The van der Waals surface area contributed by atoms with Crippen molar-refractivity contribution in [3.8, 4) is 0 Å². The Hall–Kier alpha value is -1.17. The third-order valence-electron chi connectivity index (χ3n) is 4.14. The smallest absolute Gasteiger partial charge is 0.131 e. The molecule has 4 nitrogen and oxygen atoms in total. The molecule has 0 amide bonds. The van der Waals surface area contributed by atoms with E-state index in [4.69, 9.17) is 0 Å². The van der Waals surface area contributed by atoms with E-state index in [1.165, 1.54) is 43.8 Å². The number of likely N-dealkylation sites (tertiary alicyclic amines) is 1. The predicted molar refractivity (Wildman–Crippen MR) is 87.7 cm³/mol. The highest BCUT2D eigenvalue weighted by Gasteiger charge is 2.18. The monoisotopic (exact) mass is 304 g/mol. The Bertz CT molecular complexity index is 528. The number of imidazole rings is 1. The van der Waals surface area contributed by atoms with Gasteiger partial charge in [0.05, 0.1) is 0 Å². The Kier molecular flexibility index (Phi) is 5.06. The van der Waals surface area contributed by atoms with E-state index in [0.29, 0.717) is 0 Å². The van der Waals surface area contributed by atoms with Gasteiger partial charge in [-0.05, 0) is 56.9 Å². The minimum absolute atomic E-state index is 0.212. The van der Waals surface area contributed by atoms with E-state index in [-0.39, 0.29) is 6.04 Å². The van der Waals surface area contributed by atoms with Gasteiger partial charge in [-0.2, -0.15) is 0 Å². The van der Waals surface area contributed by atoms with Crippen LogP contribution in [0.15, 0.2) is 29.9 Å². The molecule has 0 aliphatic carbocycles. The highest BCUT2D eigenvalue weighted by atomic mass is 32.1. The molecular weight excluding hydrogens is 280 g/mol. The lowest BCUT2D eigenvalue weighted by molar-refractivity contribution is 0.329. The molecule has 3 rings (SSSR count). The van der Waals surface area contributed by atoms with Gasteiger partial charge in [0.2, 0.25) is 0 Å². The minimum Gasteiger partial charge on any atom is -0.336 e. The molecule has 2 aromatic rings. The molecule has 1 N–H and O–H groups in total. The van der Waals surface area contributed by atoms with E-state index in [0.717, 1.165) is 12.4 Å². The Balaban J connectivity index is 1.57. The van der Waals surface area contributed by atoms with Crippen molar-refractivity contribution in [3.63, 3.8) is 0 Å². The van der Waals surface area contributed by atoms with Crippen LogP contribution in [0.5, 0.6) is 0 Å². The third-order valence-corrected chi connectivity index (χ3v) is 5.08. The number of nitrogens with zero attached hydrogens (tertiary/aromatic N) is 3. The average Bonchev–Trinajstić information content (AvgIpc) is 3.21. The van der Waals surface area contributed by atoms with Gasteiger partial charge in [0.25, 0.3) is 0 Å². The largest absolute Gasteiger partial charge is 0.336 e. The molecule has 1 fully saturated rings. The Morgan fingerprint density at radius 2 is 2.24 bits per heavy atom. The number of hydrogen-bond donors (Lipinski definition) is 1. The molecule has 0 bridgehead atoms. The lowest BCUT2D eigenvalue weighted by Crippen LogP contribution is -2.28. The molecule has 1 saturated heterocycles. The normalized spacial score (nSPS) is 17.4. The van der Waals surface area contributed by atoms with Crippen LogP contribution in [0, 0.1) is 0 Å². The predicted octanol–water partition coefficient (Wildman–Crippen LogP) is 2.65. The van der Waals surface area contributed by atoms with Crippen LogP contribution >= 0.6 is 11.3 Å². The Morgan fingerprint density at radius 3 is 2.90 bits per heavy atom. The zero-order valence-electron chi connectivity index (χ0n) is 12.7. The van der Waals surface area contributed by atoms with Crippen LogP contribution in [0.1, 0.15) is 36.0 Å². The summed E-state index contributed by atoms with van der Waals surface area (Å²) in [4.78, 5) is 8.44. The lowest BCUT2D eigenvalue weighted by atomic mass is 10.2. The quantitative estimate of drug-likeness (QED) is 0.798. The van der Waals surface area contributed by atoms with Gasteiger partial charge in [0.1, 0.15) is 11.9 Å². The van der Waals surface area contributed by atoms with Gasteiger partial charge in [-0.25, -0.2) is 4.98 Å². The highest BCUT2D eigenvalue weighted by Crippen LogP contribution is 2.24. The molecule has 1 atom stereocenters. The molecule has 0 spiro atoms. The summed E-state index contributed by atoms with van der Waals surface area (Å²) in [7, 11) is 2.06. The van der Waals surface area contributed by atoms with E-state index in [9.17, 15) is 0 Å². The first-order valence-corrected chi connectivity index (χ1v) is 8.69. The van der Waals surface area contributed by atoms with Gasteiger partial charge in [-0.1, -0.05) is 6.07 Å². The number of aryl methyl sites for hydroxylation is 1. The van der Waals surface area contributed by atoms with Crippen LogP contribution < -0.4 is 5.32 Å². The molecule has 1 aliphatic heterocycles. The summed E-state index contributed by atoms with van der Waals surface area (Å²) < 4.78 is 2.11. The molecule has 0 saturated carbocycles. The minimum atomic E-state index is 0.212. The summed E-state index contributed by atoms with van der Waals surface area (Å²) in [5.74, 6) is 1.10. The fourth-order valence-corrected chi connectivity index (χ4v) is 3.78. The summed E-state index contributed by atoms with van der Waals surface area (Å²) in [6, 6.07) is 4.52. The Morgan fingerprint density at radius 1 is 1.38 bits per heavy atom. The van der Waals surface area contributed by atoms with E-state index >= 15 is 0 Å². The van der Waals surface area contributed by atoms with Crippen LogP contribution in [0.3, 0.4) is 0 Å². The molecule has 1 aliphatic rings. The van der Waals surface area contributed by atoms with E-state index in [1.807, 2.05) is 12.4 Å². The number of rotatable bonds is 7. The van der Waals surface area contributed by atoms with Gasteiger partial charge < -0.3 is 14.8 Å². The standard InChI is InChI=1S/C16H24N4S/c1-19-12-8-18-16(19)15(14-6-4-13-21-14)17-7-5-11-20-9-2-3-10-20/h4,6,8,12-13,15,17H,2-3,5,7,9-11H2,1H3. The van der Waals surface area contributed by atoms with E-state index in [1.54, 1.807) is 11.3 Å². The third kappa shape index (κ3) is 3.73. The average molecular weight is 304 g/mol. The number of aromatic nitrogens is 2. The number of thiophene rings is 1. The number of nitrogens with one attached hydrogen (secondary N) is 1. The second-order valence-electron chi connectivity index (χ2n) is 5.70. The van der Waals surface area contributed by atoms with Crippen molar-refractivity contribution in [1.82, 2.24) is 19.8 Å². The highest BCUT2D eigenvalue weighted by molar-refractivity contribution is 7.10. The summed E-state index contributed by atoms with van der Waals surface area (Å²) in [6.07, 6.45) is 7.84. The van der Waals surface area contributed by atoms with E-state index < -0.39 is 0 Å². The maximum Gasteiger partial charge on any atom is 0.131 e. The molecule has 0 radical (unpaired) electrons. The van der Waals surface area contributed by atoms with Gasteiger partial charge in [-0.3, -0.25) is 0 Å². The topological polar surface area (TPSA) is 33.1 Å². The fraction of sp³-hybridized carbons (Fsp3) is 0.562. The van der Waals surface area contributed by atoms with Crippen LogP contribution in [-0.4, -0.2) is 40.6 Å². The maximum absolute atomic E-state index is 4.52. The van der Waals surface area contributed by atoms with Crippen molar-refractivity contribution < 1.29 is 0 Å². The first-order valence-electron chi connectivity index (χ1n) is 7.81. The first kappa shape index (κ1) is 14.8. The van der Waals surface area contributed by atoms with Gasteiger partial charge in [-0.15, -0.1) is 11.3 Å². The number of hydrogen-bond acceptors (Lipinski definition) is 4. The van der Waals surface area contributed by atoms with Gasteiger partial charge in [0, 0.05) is 24.3 Å². The molecule has 2 aromatic heterocycles. The summed E-state index contributed by atoms with van der Waals surface area (Å²) in [5, 5.41) is 5.83. The SMILES string of the molecule is Cn1ccnc1C(NCCCN1CCCC1)c1cccs1. The van der Waals surface area contributed by atoms with Crippen molar-refractivity contribution in [2.24, 2.45) is 7.05 Å². The molecular formula is C16H24N4S. The zero-order valence-corrected chi connectivity index (χ0v) is 13.5. The van der Waals surface area contributed by atoms with Crippen molar-refractivity contribution in [1.29, 1.82) is 0 Å². The summed E-state index contributed by atoms with van der Waals surface area (Å²) in [5.41, 5.74) is 0. The van der Waals surface area contributed by atoms with Crippen molar-refractivity contribution in [2.45, 2.75) is 25.3 Å².